The number of nitrogens with one attached hydrogen (secondary N) is 1. The van der Waals surface area contributed by atoms with Crippen molar-refractivity contribution in [2.24, 2.45) is 5.84 Å². The molecule has 1 saturated heterocycles. The van der Waals surface area contributed by atoms with Crippen molar-refractivity contribution in [1.82, 2.24) is 9.97 Å². The zero-order valence-corrected chi connectivity index (χ0v) is 9.90. The van der Waals surface area contributed by atoms with Gasteiger partial charge >= 0.3 is 0 Å². The highest BCUT2D eigenvalue weighted by Gasteiger charge is 2.24. The van der Waals surface area contributed by atoms with Gasteiger partial charge in [-0.2, -0.15) is 0 Å². The molecule has 5 heteroatoms. The average molecular weight is 221 g/mol. The van der Waals surface area contributed by atoms with Crippen LogP contribution in [0, 0.1) is 0 Å². The number of nitrogens with zero attached hydrogens (tertiary/aromatic N) is 3. The summed E-state index contributed by atoms with van der Waals surface area (Å²) in [5, 5.41) is 0. The fourth-order valence-electron chi connectivity index (χ4n) is 2.35. The van der Waals surface area contributed by atoms with Crippen LogP contribution >= 0.6 is 0 Å². The third kappa shape index (κ3) is 1.82. The van der Waals surface area contributed by atoms with Gasteiger partial charge in [0.2, 0.25) is 0 Å². The molecule has 1 aliphatic rings. The molecule has 0 saturated carbocycles. The third-order valence-corrected chi connectivity index (χ3v) is 3.24. The first-order chi connectivity index (χ1) is 7.77. The molecule has 0 bridgehead atoms. The van der Waals surface area contributed by atoms with E-state index in [1.807, 2.05) is 0 Å². The van der Waals surface area contributed by atoms with Crippen LogP contribution in [0.15, 0.2) is 6.33 Å². The van der Waals surface area contributed by atoms with Crippen LogP contribution in [0.3, 0.4) is 0 Å². The van der Waals surface area contributed by atoms with Gasteiger partial charge in [-0.1, -0.05) is 6.92 Å². The molecule has 0 amide bonds. The van der Waals surface area contributed by atoms with E-state index in [2.05, 4.69) is 34.1 Å². The Balaban J connectivity index is 2.39. The Labute approximate surface area is 96.0 Å². The van der Waals surface area contributed by atoms with Crippen molar-refractivity contribution in [3.63, 3.8) is 0 Å². The highest BCUT2D eigenvalue weighted by Crippen LogP contribution is 2.29. The lowest BCUT2D eigenvalue weighted by atomic mass is 10.2. The Morgan fingerprint density at radius 1 is 1.56 bits per heavy atom. The number of nitrogens with two attached hydrogens (primary N) is 1. The van der Waals surface area contributed by atoms with Crippen LogP contribution in [0.5, 0.6) is 0 Å². The molecule has 3 N–H and O–H groups in total. The molecule has 1 atom stereocenters. The Kier molecular flexibility index (Phi) is 3.24. The Bertz CT molecular complexity index is 365. The highest BCUT2D eigenvalue weighted by molar-refractivity contribution is 5.59. The molecule has 0 spiro atoms. The molecular weight excluding hydrogens is 202 g/mol. The van der Waals surface area contributed by atoms with Gasteiger partial charge in [0.1, 0.15) is 18.0 Å². The van der Waals surface area contributed by atoms with E-state index in [9.17, 15) is 0 Å². The molecule has 5 nitrogen and oxygen atoms in total. The minimum atomic E-state index is 0.561. The number of hydrazine groups is 1. The summed E-state index contributed by atoms with van der Waals surface area (Å²) in [5.74, 6) is 7.25. The maximum absolute atomic E-state index is 5.47. The summed E-state index contributed by atoms with van der Waals surface area (Å²) in [4.78, 5) is 10.9. The van der Waals surface area contributed by atoms with Crippen molar-refractivity contribution in [3.8, 4) is 0 Å². The van der Waals surface area contributed by atoms with Gasteiger partial charge in [0.15, 0.2) is 0 Å². The second kappa shape index (κ2) is 4.65. The van der Waals surface area contributed by atoms with Gasteiger partial charge in [0.25, 0.3) is 0 Å². The summed E-state index contributed by atoms with van der Waals surface area (Å²) in [7, 11) is 0. The normalized spacial score (nSPS) is 20.2. The van der Waals surface area contributed by atoms with Gasteiger partial charge in [-0.15, -0.1) is 0 Å². The van der Waals surface area contributed by atoms with Crippen molar-refractivity contribution in [1.29, 1.82) is 0 Å². The molecule has 1 aromatic rings. The third-order valence-electron chi connectivity index (χ3n) is 3.24. The fourth-order valence-corrected chi connectivity index (χ4v) is 2.35. The summed E-state index contributed by atoms with van der Waals surface area (Å²) < 4.78 is 0. The Hall–Kier alpha value is -1.36. The van der Waals surface area contributed by atoms with Crippen molar-refractivity contribution in [3.05, 3.63) is 11.9 Å². The van der Waals surface area contributed by atoms with Crippen LogP contribution in [0.4, 0.5) is 11.6 Å². The topological polar surface area (TPSA) is 67.1 Å². The van der Waals surface area contributed by atoms with E-state index in [0.717, 1.165) is 30.2 Å². The molecule has 2 heterocycles. The molecular formula is C11H19N5. The monoisotopic (exact) mass is 221 g/mol. The Morgan fingerprint density at radius 3 is 2.94 bits per heavy atom. The van der Waals surface area contributed by atoms with Crippen molar-refractivity contribution in [2.45, 2.75) is 39.2 Å². The standard InChI is InChI=1S/C11H19N5/c1-3-9-10(15-12)13-7-14-11(9)16-6-4-5-8(16)2/h7-8H,3-6,12H2,1-2H3,(H,13,14,15). The van der Waals surface area contributed by atoms with Crippen molar-refractivity contribution >= 4 is 11.6 Å². The van der Waals surface area contributed by atoms with E-state index in [1.54, 1.807) is 6.33 Å². The number of hydrogen-bond acceptors (Lipinski definition) is 5. The van der Waals surface area contributed by atoms with Crippen LogP contribution in [0.2, 0.25) is 0 Å². The van der Waals surface area contributed by atoms with Gasteiger partial charge in [-0.05, 0) is 26.2 Å². The first-order valence-corrected chi connectivity index (χ1v) is 5.85. The van der Waals surface area contributed by atoms with Crippen LogP contribution in [0.1, 0.15) is 32.3 Å². The summed E-state index contributed by atoms with van der Waals surface area (Å²) >= 11 is 0. The van der Waals surface area contributed by atoms with E-state index in [-0.39, 0.29) is 0 Å². The first kappa shape index (κ1) is 11.1. The van der Waals surface area contributed by atoms with E-state index in [0.29, 0.717) is 6.04 Å². The zero-order chi connectivity index (χ0) is 11.5. The van der Waals surface area contributed by atoms with Crippen molar-refractivity contribution < 1.29 is 0 Å². The minimum Gasteiger partial charge on any atom is -0.354 e. The molecule has 1 aromatic heterocycles. The fraction of sp³-hybridized carbons (Fsp3) is 0.636. The summed E-state index contributed by atoms with van der Waals surface area (Å²) in [6, 6.07) is 0.561. The first-order valence-electron chi connectivity index (χ1n) is 5.85. The smallest absolute Gasteiger partial charge is 0.148 e. The predicted octanol–water partition coefficient (Wildman–Crippen LogP) is 1.31. The van der Waals surface area contributed by atoms with Crippen LogP contribution in [-0.2, 0) is 6.42 Å². The van der Waals surface area contributed by atoms with Gasteiger partial charge in [0, 0.05) is 18.2 Å². The number of rotatable bonds is 3. The second-order valence-electron chi connectivity index (χ2n) is 4.21. The Morgan fingerprint density at radius 2 is 2.38 bits per heavy atom. The lowest BCUT2D eigenvalue weighted by molar-refractivity contribution is 0.721. The molecule has 1 fully saturated rings. The molecule has 0 aliphatic carbocycles. The van der Waals surface area contributed by atoms with E-state index >= 15 is 0 Å². The second-order valence-corrected chi connectivity index (χ2v) is 4.21. The largest absolute Gasteiger partial charge is 0.354 e. The predicted molar refractivity (Wildman–Crippen MR) is 65.3 cm³/mol. The molecule has 0 aromatic carbocycles. The van der Waals surface area contributed by atoms with Gasteiger partial charge in [-0.25, -0.2) is 15.8 Å². The summed E-state index contributed by atoms with van der Waals surface area (Å²) in [5.41, 5.74) is 3.76. The molecule has 1 unspecified atom stereocenters. The lowest BCUT2D eigenvalue weighted by Gasteiger charge is -2.25. The van der Waals surface area contributed by atoms with Crippen molar-refractivity contribution in [2.75, 3.05) is 16.9 Å². The molecule has 1 aliphatic heterocycles. The number of anilines is 2. The lowest BCUT2D eigenvalue weighted by Crippen LogP contribution is -2.29. The maximum atomic E-state index is 5.47. The van der Waals surface area contributed by atoms with E-state index < -0.39 is 0 Å². The van der Waals surface area contributed by atoms with Gasteiger partial charge < -0.3 is 10.3 Å². The maximum Gasteiger partial charge on any atom is 0.148 e. The molecule has 2 rings (SSSR count). The van der Waals surface area contributed by atoms with Crippen LogP contribution in [-0.4, -0.2) is 22.6 Å². The van der Waals surface area contributed by atoms with Crippen LogP contribution < -0.4 is 16.2 Å². The SMILES string of the molecule is CCc1c(NN)ncnc1N1CCCC1C. The number of nitrogen functional groups attached to an aromatic ring is 1. The average Bonchev–Trinajstić information content (AvgIpc) is 2.74. The molecule has 16 heavy (non-hydrogen) atoms. The minimum absolute atomic E-state index is 0.561. The molecule has 0 radical (unpaired) electrons. The van der Waals surface area contributed by atoms with Crippen LogP contribution in [0.25, 0.3) is 0 Å². The zero-order valence-electron chi connectivity index (χ0n) is 9.90. The van der Waals surface area contributed by atoms with E-state index in [1.165, 1.54) is 12.8 Å². The number of aromatic nitrogens is 2. The summed E-state index contributed by atoms with van der Waals surface area (Å²) in [6.45, 7) is 5.42. The van der Waals surface area contributed by atoms with E-state index in [4.69, 9.17) is 5.84 Å². The molecule has 88 valence electrons. The number of hydrogen-bond donors (Lipinski definition) is 2. The quantitative estimate of drug-likeness (QED) is 0.595. The summed E-state index contributed by atoms with van der Waals surface area (Å²) in [6.07, 6.45) is 4.94. The highest BCUT2D eigenvalue weighted by atomic mass is 15.3. The van der Waals surface area contributed by atoms with Gasteiger partial charge in [-0.3, -0.25) is 0 Å². The van der Waals surface area contributed by atoms with Gasteiger partial charge in [0.05, 0.1) is 0 Å².